The van der Waals surface area contributed by atoms with E-state index in [-0.39, 0.29) is 17.1 Å². The summed E-state index contributed by atoms with van der Waals surface area (Å²) in [5.74, 6) is 0.327. The van der Waals surface area contributed by atoms with Gasteiger partial charge in [-0.3, -0.25) is 10.1 Å². The number of amides is 1. The standard InChI is InChI=1S/C24H20BrN3O2S2/c1-14(2)30-17-7-5-6-15(12-17)22(29)28-24(31)27-19-11-10-16(25)13-18(19)23-26-20-8-3-4-9-21(20)32-23/h3-14H,1-2H3,(H2,27,28,29,31). The molecule has 2 N–H and O–H groups in total. The van der Waals surface area contributed by atoms with Gasteiger partial charge in [-0.05, 0) is 74.6 Å². The molecular formula is C24H20BrN3O2S2. The van der Waals surface area contributed by atoms with Gasteiger partial charge in [-0.1, -0.05) is 34.1 Å². The summed E-state index contributed by atoms with van der Waals surface area (Å²) < 4.78 is 7.70. The average Bonchev–Trinajstić information content (AvgIpc) is 3.19. The second kappa shape index (κ2) is 9.77. The van der Waals surface area contributed by atoms with Gasteiger partial charge in [0.25, 0.3) is 5.91 Å². The highest BCUT2D eigenvalue weighted by atomic mass is 79.9. The molecule has 0 aliphatic rings. The van der Waals surface area contributed by atoms with Crippen molar-refractivity contribution in [3.8, 4) is 16.3 Å². The predicted molar refractivity (Wildman–Crippen MR) is 139 cm³/mol. The van der Waals surface area contributed by atoms with E-state index in [2.05, 4.69) is 26.6 Å². The molecule has 0 radical (unpaired) electrons. The maximum Gasteiger partial charge on any atom is 0.257 e. The fourth-order valence-corrected chi connectivity index (χ4v) is 4.66. The summed E-state index contributed by atoms with van der Waals surface area (Å²) in [6, 6.07) is 20.8. The first-order chi connectivity index (χ1) is 15.4. The van der Waals surface area contributed by atoms with Gasteiger partial charge in [-0.25, -0.2) is 4.98 Å². The Balaban J connectivity index is 1.53. The first-order valence-corrected chi connectivity index (χ1v) is 12.0. The van der Waals surface area contributed by atoms with E-state index in [0.29, 0.717) is 11.3 Å². The van der Waals surface area contributed by atoms with Crippen LogP contribution in [0.4, 0.5) is 5.69 Å². The Labute approximate surface area is 204 Å². The number of para-hydroxylation sites is 1. The van der Waals surface area contributed by atoms with Crippen molar-refractivity contribution in [1.82, 2.24) is 10.3 Å². The normalized spacial score (nSPS) is 10.9. The number of carbonyl (C=O) groups is 1. The lowest BCUT2D eigenvalue weighted by atomic mass is 10.2. The second-order valence-corrected chi connectivity index (χ2v) is 9.63. The number of rotatable bonds is 5. The third-order valence-electron chi connectivity index (χ3n) is 4.45. The number of hydrogen-bond donors (Lipinski definition) is 2. The Morgan fingerprint density at radius 1 is 1.09 bits per heavy atom. The van der Waals surface area contributed by atoms with E-state index < -0.39 is 0 Å². The average molecular weight is 526 g/mol. The van der Waals surface area contributed by atoms with E-state index in [1.54, 1.807) is 29.5 Å². The smallest absolute Gasteiger partial charge is 0.257 e. The maximum absolute atomic E-state index is 12.7. The van der Waals surface area contributed by atoms with Crippen molar-refractivity contribution >= 4 is 66.4 Å². The molecular weight excluding hydrogens is 506 g/mol. The number of carbonyl (C=O) groups excluding carboxylic acids is 1. The summed E-state index contributed by atoms with van der Waals surface area (Å²) in [5.41, 5.74) is 3.06. The zero-order chi connectivity index (χ0) is 22.7. The lowest BCUT2D eigenvalue weighted by Gasteiger charge is -2.14. The Bertz CT molecular complexity index is 1270. The molecule has 0 saturated heterocycles. The second-order valence-electron chi connectivity index (χ2n) is 7.28. The van der Waals surface area contributed by atoms with Crippen LogP contribution in [0.25, 0.3) is 20.8 Å². The highest BCUT2D eigenvalue weighted by molar-refractivity contribution is 9.10. The maximum atomic E-state index is 12.7. The van der Waals surface area contributed by atoms with Crippen LogP contribution in [0.2, 0.25) is 0 Å². The van der Waals surface area contributed by atoms with E-state index in [1.165, 1.54) is 0 Å². The van der Waals surface area contributed by atoms with Crippen molar-refractivity contribution in [2.45, 2.75) is 20.0 Å². The summed E-state index contributed by atoms with van der Waals surface area (Å²) in [6.07, 6.45) is 0.0226. The Hall–Kier alpha value is -2.81. The first kappa shape index (κ1) is 22.4. The van der Waals surface area contributed by atoms with Crippen molar-refractivity contribution < 1.29 is 9.53 Å². The molecule has 4 aromatic rings. The molecule has 162 valence electrons. The van der Waals surface area contributed by atoms with Crippen molar-refractivity contribution in [3.05, 3.63) is 76.8 Å². The van der Waals surface area contributed by atoms with Gasteiger partial charge in [0.2, 0.25) is 0 Å². The van der Waals surface area contributed by atoms with Crippen molar-refractivity contribution in [3.63, 3.8) is 0 Å². The van der Waals surface area contributed by atoms with E-state index in [9.17, 15) is 4.79 Å². The number of nitrogens with one attached hydrogen (secondary N) is 2. The molecule has 1 amide bonds. The first-order valence-electron chi connectivity index (χ1n) is 9.93. The molecule has 0 bridgehead atoms. The number of ether oxygens (including phenoxy) is 1. The number of benzene rings is 3. The summed E-state index contributed by atoms with van der Waals surface area (Å²) in [5, 5.41) is 6.95. The zero-order valence-corrected chi connectivity index (χ0v) is 20.6. The minimum Gasteiger partial charge on any atom is -0.491 e. The topological polar surface area (TPSA) is 63.2 Å². The van der Waals surface area contributed by atoms with Crippen LogP contribution >= 0.6 is 39.5 Å². The fraction of sp³-hybridized carbons (Fsp3) is 0.125. The Kier molecular flexibility index (Phi) is 6.83. The number of fused-ring (bicyclic) bond motifs is 1. The lowest BCUT2D eigenvalue weighted by Crippen LogP contribution is -2.34. The third kappa shape index (κ3) is 5.32. The van der Waals surface area contributed by atoms with E-state index in [0.717, 1.165) is 30.9 Å². The zero-order valence-electron chi connectivity index (χ0n) is 17.4. The third-order valence-corrected chi connectivity index (χ3v) is 6.22. The lowest BCUT2D eigenvalue weighted by molar-refractivity contribution is 0.0977. The number of thiocarbonyl (C=S) groups is 1. The molecule has 0 saturated carbocycles. The van der Waals surface area contributed by atoms with Crippen LogP contribution in [0.5, 0.6) is 5.75 Å². The Morgan fingerprint density at radius 2 is 1.91 bits per heavy atom. The van der Waals surface area contributed by atoms with Gasteiger partial charge in [-0.15, -0.1) is 11.3 Å². The number of hydrogen-bond acceptors (Lipinski definition) is 5. The van der Waals surface area contributed by atoms with Gasteiger partial charge in [0.15, 0.2) is 5.11 Å². The number of nitrogens with zero attached hydrogens (tertiary/aromatic N) is 1. The minimum absolute atomic E-state index is 0.0226. The summed E-state index contributed by atoms with van der Waals surface area (Å²) in [4.78, 5) is 17.4. The number of aromatic nitrogens is 1. The molecule has 32 heavy (non-hydrogen) atoms. The van der Waals surface area contributed by atoms with Crippen molar-refractivity contribution in [2.24, 2.45) is 0 Å². The van der Waals surface area contributed by atoms with Gasteiger partial charge in [0.05, 0.1) is 22.0 Å². The van der Waals surface area contributed by atoms with Gasteiger partial charge in [0.1, 0.15) is 10.8 Å². The molecule has 0 fully saturated rings. The van der Waals surface area contributed by atoms with Crippen LogP contribution in [-0.4, -0.2) is 22.1 Å². The number of thiazole rings is 1. The van der Waals surface area contributed by atoms with E-state index >= 15 is 0 Å². The molecule has 0 aliphatic heterocycles. The van der Waals surface area contributed by atoms with Crippen LogP contribution < -0.4 is 15.4 Å². The molecule has 0 unspecified atom stereocenters. The van der Waals surface area contributed by atoms with Crippen LogP contribution in [0.1, 0.15) is 24.2 Å². The Morgan fingerprint density at radius 3 is 2.69 bits per heavy atom. The molecule has 4 rings (SSSR count). The number of anilines is 1. The van der Waals surface area contributed by atoms with E-state index in [4.69, 9.17) is 21.9 Å². The fourth-order valence-electron chi connectivity index (χ4n) is 3.10. The quantitative estimate of drug-likeness (QED) is 0.286. The van der Waals surface area contributed by atoms with Gasteiger partial charge >= 0.3 is 0 Å². The molecule has 0 spiro atoms. The van der Waals surface area contributed by atoms with Crippen LogP contribution in [0, 0.1) is 0 Å². The predicted octanol–water partition coefficient (Wildman–Crippen LogP) is 6.64. The van der Waals surface area contributed by atoms with E-state index in [1.807, 2.05) is 62.4 Å². The minimum atomic E-state index is -0.310. The van der Waals surface area contributed by atoms with Crippen molar-refractivity contribution in [2.75, 3.05) is 5.32 Å². The van der Waals surface area contributed by atoms with Crippen LogP contribution in [0.15, 0.2) is 71.2 Å². The summed E-state index contributed by atoms with van der Waals surface area (Å²) in [6.45, 7) is 3.88. The van der Waals surface area contributed by atoms with Gasteiger partial charge in [-0.2, -0.15) is 0 Å². The molecule has 0 atom stereocenters. The van der Waals surface area contributed by atoms with Crippen LogP contribution in [0.3, 0.4) is 0 Å². The SMILES string of the molecule is CC(C)Oc1cccc(C(=O)NC(=S)Nc2ccc(Br)cc2-c2nc3ccccc3s2)c1. The molecule has 0 aliphatic carbocycles. The van der Waals surface area contributed by atoms with Gasteiger partial charge < -0.3 is 10.1 Å². The molecule has 1 aromatic heterocycles. The molecule has 8 heteroatoms. The molecule has 5 nitrogen and oxygen atoms in total. The molecule has 3 aromatic carbocycles. The summed E-state index contributed by atoms with van der Waals surface area (Å²) in [7, 11) is 0. The molecule has 1 heterocycles. The van der Waals surface area contributed by atoms with Crippen LogP contribution in [-0.2, 0) is 0 Å². The monoisotopic (exact) mass is 525 g/mol. The number of halogens is 1. The largest absolute Gasteiger partial charge is 0.491 e. The highest BCUT2D eigenvalue weighted by Gasteiger charge is 2.14. The van der Waals surface area contributed by atoms with Gasteiger partial charge in [0, 0.05) is 15.6 Å². The van der Waals surface area contributed by atoms with Crippen molar-refractivity contribution in [1.29, 1.82) is 0 Å². The highest BCUT2D eigenvalue weighted by Crippen LogP contribution is 2.36. The summed E-state index contributed by atoms with van der Waals surface area (Å²) >= 11 is 10.6.